The zero-order valence-electron chi connectivity index (χ0n) is 19.1. The highest BCUT2D eigenvalue weighted by molar-refractivity contribution is 6.04. The van der Waals surface area contributed by atoms with E-state index in [1.54, 1.807) is 48.9 Å². The summed E-state index contributed by atoms with van der Waals surface area (Å²) in [6, 6.07) is 16.1. The number of ether oxygens (including phenoxy) is 1. The number of anilines is 2. The summed E-state index contributed by atoms with van der Waals surface area (Å²) in [7, 11) is 1.50. The fraction of sp³-hybridized carbons (Fsp3) is 0.154. The molecule has 0 radical (unpaired) electrons. The van der Waals surface area contributed by atoms with Gasteiger partial charge in [0.2, 0.25) is 0 Å². The van der Waals surface area contributed by atoms with Crippen LogP contribution in [0.1, 0.15) is 34.6 Å². The van der Waals surface area contributed by atoms with Gasteiger partial charge in [0.25, 0.3) is 5.91 Å². The van der Waals surface area contributed by atoms with E-state index in [1.165, 1.54) is 7.11 Å². The maximum Gasteiger partial charge on any atom is 0.257 e. The minimum absolute atomic E-state index is 0.0627. The molecule has 0 saturated heterocycles. The molecule has 0 saturated carbocycles. The molecule has 34 heavy (non-hydrogen) atoms. The number of phenolic OH excluding ortho intramolecular Hbond substituents is 1. The fourth-order valence-corrected chi connectivity index (χ4v) is 3.41. The number of rotatable bonds is 7. The van der Waals surface area contributed by atoms with Crippen molar-refractivity contribution >= 4 is 17.4 Å². The molecule has 8 heteroatoms. The van der Waals surface area contributed by atoms with Gasteiger partial charge in [0.1, 0.15) is 5.82 Å². The number of aromatic nitrogens is 3. The normalized spacial score (nSPS) is 11.5. The molecule has 1 atom stereocenters. The Labute approximate surface area is 197 Å². The van der Waals surface area contributed by atoms with Crippen molar-refractivity contribution in [3.8, 4) is 22.8 Å². The number of pyridine rings is 1. The maximum absolute atomic E-state index is 12.5. The van der Waals surface area contributed by atoms with Crippen molar-refractivity contribution in [3.05, 3.63) is 90.0 Å². The lowest BCUT2D eigenvalue weighted by atomic mass is 10.1. The smallest absolute Gasteiger partial charge is 0.257 e. The number of nitrogens with zero attached hydrogens (tertiary/aromatic N) is 3. The number of aromatic hydroxyl groups is 1. The minimum Gasteiger partial charge on any atom is -0.504 e. The van der Waals surface area contributed by atoms with E-state index >= 15 is 0 Å². The molecule has 3 N–H and O–H groups in total. The highest BCUT2D eigenvalue weighted by Gasteiger charge is 2.12. The Kier molecular flexibility index (Phi) is 6.68. The number of phenols is 1. The number of aryl methyl sites for hydroxylation is 1. The van der Waals surface area contributed by atoms with Crippen LogP contribution in [-0.4, -0.2) is 33.1 Å². The van der Waals surface area contributed by atoms with E-state index in [1.807, 2.05) is 38.1 Å². The molecule has 4 rings (SSSR count). The Hall–Kier alpha value is -4.46. The van der Waals surface area contributed by atoms with Crippen LogP contribution in [0.5, 0.6) is 11.5 Å². The van der Waals surface area contributed by atoms with Crippen LogP contribution in [-0.2, 0) is 0 Å². The molecule has 0 aliphatic rings. The minimum atomic E-state index is -0.215. The van der Waals surface area contributed by atoms with Gasteiger partial charge in [0, 0.05) is 23.1 Å². The molecule has 0 fully saturated rings. The zero-order chi connectivity index (χ0) is 24.1. The molecule has 0 bridgehead atoms. The second kappa shape index (κ2) is 9.99. The number of hydrogen-bond acceptors (Lipinski definition) is 7. The standard InChI is InChI=1S/C26H25N5O3/c1-16-7-8-20(13-28-16)26(33)30-21-6-4-5-18(11-21)17(2)29-25-15-27-14-22(31-25)19-9-10-23(32)24(12-19)34-3/h4-15,17,32H,1-3H3,(H,29,31)(H,30,33). The quantitative estimate of drug-likeness (QED) is 0.360. The van der Waals surface area contributed by atoms with E-state index in [4.69, 9.17) is 4.74 Å². The highest BCUT2D eigenvalue weighted by atomic mass is 16.5. The number of nitrogens with one attached hydrogen (secondary N) is 2. The van der Waals surface area contributed by atoms with Crippen molar-refractivity contribution in [1.82, 2.24) is 15.0 Å². The first kappa shape index (κ1) is 22.7. The molecule has 0 aliphatic carbocycles. The Balaban J connectivity index is 1.48. The van der Waals surface area contributed by atoms with Crippen molar-refractivity contribution in [2.45, 2.75) is 19.9 Å². The summed E-state index contributed by atoms with van der Waals surface area (Å²) >= 11 is 0. The number of amides is 1. The summed E-state index contributed by atoms with van der Waals surface area (Å²) in [5.41, 5.74) is 4.43. The summed E-state index contributed by atoms with van der Waals surface area (Å²) in [6.45, 7) is 3.88. The molecule has 4 aromatic rings. The average molecular weight is 456 g/mol. The van der Waals surface area contributed by atoms with Gasteiger partial charge in [-0.2, -0.15) is 0 Å². The Morgan fingerprint density at radius 1 is 1.06 bits per heavy atom. The van der Waals surface area contributed by atoms with Gasteiger partial charge in [0.15, 0.2) is 11.5 Å². The first-order valence-electron chi connectivity index (χ1n) is 10.7. The van der Waals surface area contributed by atoms with Gasteiger partial charge in [0.05, 0.1) is 36.8 Å². The summed E-state index contributed by atoms with van der Waals surface area (Å²) in [5, 5.41) is 16.1. The van der Waals surface area contributed by atoms with Crippen molar-refractivity contribution in [2.24, 2.45) is 0 Å². The highest BCUT2D eigenvalue weighted by Crippen LogP contribution is 2.31. The summed E-state index contributed by atoms with van der Waals surface area (Å²) in [6.07, 6.45) is 4.86. The van der Waals surface area contributed by atoms with Crippen molar-refractivity contribution in [2.75, 3.05) is 17.7 Å². The van der Waals surface area contributed by atoms with Crippen LogP contribution in [0.25, 0.3) is 11.3 Å². The Morgan fingerprint density at radius 3 is 2.68 bits per heavy atom. The molecule has 2 aromatic carbocycles. The summed E-state index contributed by atoms with van der Waals surface area (Å²) < 4.78 is 5.18. The second-order valence-electron chi connectivity index (χ2n) is 7.81. The van der Waals surface area contributed by atoms with Gasteiger partial charge in [-0.25, -0.2) is 4.98 Å². The van der Waals surface area contributed by atoms with Gasteiger partial charge in [-0.1, -0.05) is 12.1 Å². The number of carbonyl (C=O) groups excluding carboxylic acids is 1. The molecule has 2 aromatic heterocycles. The van der Waals surface area contributed by atoms with Crippen LogP contribution >= 0.6 is 0 Å². The number of carbonyl (C=O) groups is 1. The summed E-state index contributed by atoms with van der Waals surface area (Å²) in [4.78, 5) is 25.6. The van der Waals surface area contributed by atoms with Crippen LogP contribution in [0.3, 0.4) is 0 Å². The van der Waals surface area contributed by atoms with Gasteiger partial charge >= 0.3 is 0 Å². The molecule has 1 unspecified atom stereocenters. The molecular weight excluding hydrogens is 430 g/mol. The third-order valence-electron chi connectivity index (χ3n) is 5.29. The Morgan fingerprint density at radius 2 is 1.91 bits per heavy atom. The number of methoxy groups -OCH3 is 1. The van der Waals surface area contributed by atoms with Crippen LogP contribution < -0.4 is 15.4 Å². The van der Waals surface area contributed by atoms with Crippen LogP contribution in [0.4, 0.5) is 11.5 Å². The maximum atomic E-state index is 12.5. The van der Waals surface area contributed by atoms with Gasteiger partial charge < -0.3 is 20.5 Å². The molecule has 2 heterocycles. The predicted octanol–water partition coefficient (Wildman–Crippen LogP) is 4.99. The van der Waals surface area contributed by atoms with E-state index in [0.29, 0.717) is 28.5 Å². The predicted molar refractivity (Wildman–Crippen MR) is 131 cm³/mol. The third-order valence-corrected chi connectivity index (χ3v) is 5.29. The SMILES string of the molecule is COc1cc(-c2cncc(NC(C)c3cccc(NC(=O)c4ccc(C)nc4)c3)n2)ccc1O. The molecule has 0 aliphatic heterocycles. The van der Waals surface area contributed by atoms with Crippen molar-refractivity contribution in [3.63, 3.8) is 0 Å². The van der Waals surface area contributed by atoms with E-state index in [-0.39, 0.29) is 17.7 Å². The van der Waals surface area contributed by atoms with Gasteiger partial charge in [-0.05, 0) is 61.9 Å². The third kappa shape index (κ3) is 5.29. The molecule has 0 spiro atoms. The topological polar surface area (TPSA) is 109 Å². The lowest BCUT2D eigenvalue weighted by Gasteiger charge is -2.16. The number of hydrogen-bond donors (Lipinski definition) is 3. The monoisotopic (exact) mass is 455 g/mol. The molecule has 1 amide bonds. The second-order valence-corrected chi connectivity index (χ2v) is 7.81. The van der Waals surface area contributed by atoms with Crippen LogP contribution in [0.2, 0.25) is 0 Å². The van der Waals surface area contributed by atoms with Gasteiger partial charge in [-0.3, -0.25) is 14.8 Å². The lowest BCUT2D eigenvalue weighted by Crippen LogP contribution is -2.13. The first-order chi connectivity index (χ1) is 16.4. The van der Waals surface area contributed by atoms with E-state index < -0.39 is 0 Å². The largest absolute Gasteiger partial charge is 0.504 e. The lowest BCUT2D eigenvalue weighted by molar-refractivity contribution is 0.102. The van der Waals surface area contributed by atoms with Gasteiger partial charge in [-0.15, -0.1) is 0 Å². The first-order valence-corrected chi connectivity index (χ1v) is 10.7. The van der Waals surface area contributed by atoms with Crippen LogP contribution in [0, 0.1) is 6.92 Å². The summed E-state index contributed by atoms with van der Waals surface area (Å²) in [5.74, 6) is 0.810. The molecule has 8 nitrogen and oxygen atoms in total. The molecular formula is C26H25N5O3. The van der Waals surface area contributed by atoms with E-state index in [2.05, 4.69) is 25.6 Å². The van der Waals surface area contributed by atoms with Crippen LogP contribution in [0.15, 0.2) is 73.2 Å². The molecule has 172 valence electrons. The Bertz CT molecular complexity index is 1310. The average Bonchev–Trinajstić information content (AvgIpc) is 2.85. The number of benzene rings is 2. The van der Waals surface area contributed by atoms with Crippen molar-refractivity contribution < 1.29 is 14.6 Å². The fourth-order valence-electron chi connectivity index (χ4n) is 3.41. The van der Waals surface area contributed by atoms with E-state index in [9.17, 15) is 9.90 Å². The van der Waals surface area contributed by atoms with E-state index in [0.717, 1.165) is 16.8 Å². The zero-order valence-corrected chi connectivity index (χ0v) is 19.1. The van der Waals surface area contributed by atoms with Crippen molar-refractivity contribution in [1.29, 1.82) is 0 Å².